The van der Waals surface area contributed by atoms with E-state index in [4.69, 9.17) is 9.46 Å². The molecule has 4 aliphatic rings. The van der Waals surface area contributed by atoms with E-state index in [2.05, 4.69) is 6.58 Å². The van der Waals surface area contributed by atoms with Gasteiger partial charge >= 0.3 is 0 Å². The van der Waals surface area contributed by atoms with E-state index in [0.717, 1.165) is 45.3 Å². The molecule has 0 aromatic rings. The van der Waals surface area contributed by atoms with Crippen LogP contribution in [0.1, 0.15) is 20.8 Å². The zero-order chi connectivity index (χ0) is 19.6. The zero-order valence-electron chi connectivity index (χ0n) is 16.5. The molecule has 27 heavy (non-hydrogen) atoms. The summed E-state index contributed by atoms with van der Waals surface area (Å²) in [5, 5.41) is 0. The number of rotatable bonds is 7. The normalized spacial score (nSPS) is 21.4. The van der Waals surface area contributed by atoms with E-state index in [-0.39, 0.29) is 17.2 Å². The first-order valence-corrected chi connectivity index (χ1v) is 11.1. The summed E-state index contributed by atoms with van der Waals surface area (Å²) in [6, 6.07) is 0.968. The van der Waals surface area contributed by atoms with Crippen LogP contribution in [0.3, 0.4) is 0 Å². The average Bonchev–Trinajstić information content (AvgIpc) is 3.47. The largest absolute Gasteiger partial charge is 0.365 e. The molecule has 0 N–H and O–H groups in total. The molecule has 0 aromatic heterocycles. The molecular weight excluding hydrogens is 362 g/mol. The lowest BCUT2D eigenvalue weighted by Gasteiger charge is -2.21. The smallest absolute Gasteiger partial charge is 0.227 e. The number of allylic oxidation sites excluding steroid dienone is 2. The first-order chi connectivity index (χ1) is 12.8. The molecule has 0 spiro atoms. The summed E-state index contributed by atoms with van der Waals surface area (Å²) in [6.07, 6.45) is 3.38. The predicted octanol–water partition coefficient (Wildman–Crippen LogP) is 0.602. The van der Waals surface area contributed by atoms with Crippen molar-refractivity contribution >= 4 is 21.3 Å². The number of ketones is 2. The van der Waals surface area contributed by atoms with Crippen LogP contribution in [0, 0.1) is 0 Å². The quantitative estimate of drug-likeness (QED) is 0.120. The maximum Gasteiger partial charge on any atom is 0.227 e. The summed E-state index contributed by atoms with van der Waals surface area (Å²) in [7, 11) is -0.509. The van der Waals surface area contributed by atoms with Gasteiger partial charge in [-0.05, 0) is 26.8 Å². The van der Waals surface area contributed by atoms with Crippen LogP contribution in [0.15, 0.2) is 35.8 Å². The van der Waals surface area contributed by atoms with Crippen LogP contribution in [-0.4, -0.2) is 80.9 Å². The van der Waals surface area contributed by atoms with Gasteiger partial charge in [0.1, 0.15) is 11.4 Å². The van der Waals surface area contributed by atoms with E-state index in [1.165, 1.54) is 6.08 Å². The molecule has 0 radical (unpaired) electrons. The van der Waals surface area contributed by atoms with E-state index in [1.54, 1.807) is 0 Å². The van der Waals surface area contributed by atoms with Crippen LogP contribution in [0.4, 0.5) is 0 Å². The maximum absolute atomic E-state index is 12.4. The highest BCUT2D eigenvalue weighted by Gasteiger charge is 2.43. The van der Waals surface area contributed by atoms with Crippen LogP contribution in [-0.2, 0) is 19.1 Å². The molecule has 3 saturated heterocycles. The highest BCUT2D eigenvalue weighted by molar-refractivity contribution is 6.27. The second kappa shape index (κ2) is 8.00. The number of Topliss-reactive ketones (excluding diaryl/α,β-unsaturated/α-hetero) is 1. The van der Waals surface area contributed by atoms with Gasteiger partial charge in [-0.25, -0.2) is 4.89 Å². The Kier molecular flexibility index (Phi) is 5.88. The molecule has 0 aromatic carbocycles. The Balaban J connectivity index is 0.000000183. The molecule has 0 bridgehead atoms. The van der Waals surface area contributed by atoms with Gasteiger partial charge in [0.25, 0.3) is 0 Å². The van der Waals surface area contributed by atoms with Crippen molar-refractivity contribution in [2.24, 2.45) is 0 Å². The first kappa shape index (κ1) is 19.8. The van der Waals surface area contributed by atoms with Crippen LogP contribution in [0.25, 0.3) is 0 Å². The van der Waals surface area contributed by atoms with Gasteiger partial charge in [0.15, 0.2) is 0 Å². The topological polar surface area (TPSA) is 61.6 Å². The van der Waals surface area contributed by atoms with Crippen molar-refractivity contribution in [2.75, 3.05) is 39.3 Å². The number of nitrogens with zero attached hydrogens (tertiary/aromatic N) is 3. The fourth-order valence-corrected chi connectivity index (χ4v) is 3.33. The molecule has 1 aliphatic carbocycles. The van der Waals surface area contributed by atoms with Gasteiger partial charge in [-0.3, -0.25) is 14.2 Å². The Morgan fingerprint density at radius 3 is 2.07 bits per heavy atom. The van der Waals surface area contributed by atoms with Crippen LogP contribution < -0.4 is 0 Å². The first-order valence-electron chi connectivity index (χ1n) is 9.53. The highest BCUT2D eigenvalue weighted by atomic mass is 28.2. The average molecular weight is 392 g/mol. The second-order valence-electron chi connectivity index (χ2n) is 7.98. The molecule has 0 amide bonds. The minimum absolute atomic E-state index is 0.00546. The van der Waals surface area contributed by atoms with Gasteiger partial charge in [-0.1, -0.05) is 6.08 Å². The van der Waals surface area contributed by atoms with Crippen LogP contribution in [0.2, 0.25) is 6.04 Å². The lowest BCUT2D eigenvalue weighted by atomic mass is 10.0. The number of carbonyl (C=O) groups is 2. The minimum atomic E-state index is -0.509. The Bertz CT molecular complexity index is 684. The van der Waals surface area contributed by atoms with Gasteiger partial charge in [-0.15, -0.1) is 6.58 Å². The van der Waals surface area contributed by atoms with Gasteiger partial charge in [0.2, 0.25) is 21.3 Å². The third-order valence-corrected chi connectivity index (χ3v) is 5.13. The lowest BCUT2D eigenvalue weighted by molar-refractivity contribution is -0.276. The molecule has 3 fully saturated rings. The van der Waals surface area contributed by atoms with E-state index < -0.39 is 9.76 Å². The molecular formula is C19H29N3O4Si. The monoisotopic (exact) mass is 391 g/mol. The zero-order valence-corrected chi connectivity index (χ0v) is 17.9. The molecule has 4 rings (SSSR count). The predicted molar refractivity (Wildman–Crippen MR) is 105 cm³/mol. The Labute approximate surface area is 163 Å². The van der Waals surface area contributed by atoms with E-state index in [1.807, 2.05) is 41.5 Å². The third-order valence-electron chi connectivity index (χ3n) is 4.20. The molecule has 3 heterocycles. The Morgan fingerprint density at radius 2 is 1.59 bits per heavy atom. The Hall–Kier alpha value is -1.90. The van der Waals surface area contributed by atoms with Gasteiger partial charge in [-0.2, -0.15) is 0 Å². The fraction of sp³-hybridized carbons (Fsp3) is 0.579. The Morgan fingerprint density at radius 1 is 1.04 bits per heavy atom. The number of hydrogen-bond donors (Lipinski definition) is 0. The van der Waals surface area contributed by atoms with E-state index in [0.29, 0.717) is 17.1 Å². The molecule has 148 valence electrons. The van der Waals surface area contributed by atoms with Crippen LogP contribution >= 0.6 is 0 Å². The number of hydrogen-bond acceptors (Lipinski definition) is 7. The third kappa shape index (κ3) is 5.54. The maximum atomic E-state index is 12.4. The lowest BCUT2D eigenvalue weighted by Crippen LogP contribution is -2.29. The molecule has 0 atom stereocenters. The van der Waals surface area contributed by atoms with E-state index in [9.17, 15) is 9.59 Å². The summed E-state index contributed by atoms with van der Waals surface area (Å²) in [4.78, 5) is 35.5. The second-order valence-corrected chi connectivity index (χ2v) is 9.20. The minimum Gasteiger partial charge on any atom is -0.365 e. The van der Waals surface area contributed by atoms with Crippen molar-refractivity contribution in [1.82, 2.24) is 14.7 Å². The summed E-state index contributed by atoms with van der Waals surface area (Å²) in [6.45, 7) is 14.9. The highest BCUT2D eigenvalue weighted by Crippen LogP contribution is 2.33. The van der Waals surface area contributed by atoms with Crippen LogP contribution in [0.5, 0.6) is 0 Å². The van der Waals surface area contributed by atoms with Crippen molar-refractivity contribution in [3.63, 3.8) is 0 Å². The van der Waals surface area contributed by atoms with Crippen molar-refractivity contribution in [3.05, 3.63) is 35.8 Å². The van der Waals surface area contributed by atoms with Crippen molar-refractivity contribution < 1.29 is 19.1 Å². The van der Waals surface area contributed by atoms with Gasteiger partial charge in [0.05, 0.1) is 11.3 Å². The summed E-state index contributed by atoms with van der Waals surface area (Å²) in [5.74, 6) is 0.0485. The summed E-state index contributed by atoms with van der Waals surface area (Å²) >= 11 is 0. The van der Waals surface area contributed by atoms with Crippen molar-refractivity contribution in [1.29, 1.82) is 0 Å². The molecule has 0 saturated carbocycles. The van der Waals surface area contributed by atoms with Gasteiger partial charge < -0.3 is 14.7 Å². The molecule has 8 heteroatoms. The van der Waals surface area contributed by atoms with Crippen molar-refractivity contribution in [2.45, 2.75) is 32.4 Å². The standard InChI is InChI=1S/C12H13N3O2.C7H16O2Si/c16-9-7-8(13-1-2-13)12(17)11(15-5-6-15)10(9)14-3-4-14;1-5-6-10-9-8-7(2,3)4/h7H,1-6H2;5H,1,6,10H2,2-4H3. The summed E-state index contributed by atoms with van der Waals surface area (Å²) < 4.78 is 5.01. The SMILES string of the molecule is C=CC[SiH2]OOC(C)(C)C.O=C1C=C(N2CC2)C(=O)C(N2CC2)=C1N1CC1. The molecule has 3 aliphatic heterocycles. The van der Waals surface area contributed by atoms with Gasteiger partial charge in [0, 0.05) is 45.3 Å². The number of carbonyl (C=O) groups excluding carboxylic acids is 2. The summed E-state index contributed by atoms with van der Waals surface area (Å²) in [5.41, 5.74) is 1.71. The molecule has 7 nitrogen and oxygen atoms in total. The fourth-order valence-electron chi connectivity index (χ4n) is 2.63. The van der Waals surface area contributed by atoms with E-state index >= 15 is 0 Å². The van der Waals surface area contributed by atoms with Crippen molar-refractivity contribution in [3.8, 4) is 0 Å². The molecule has 0 unspecified atom stereocenters.